The molecule has 4 rings (SSSR count). The molecule has 1 aliphatic carbocycles. The Morgan fingerprint density at radius 2 is 1.40 bits per heavy atom. The van der Waals surface area contributed by atoms with E-state index >= 15 is 0 Å². The molecule has 5 heteroatoms. The van der Waals surface area contributed by atoms with Crippen molar-refractivity contribution in [2.45, 2.75) is 11.8 Å². The maximum absolute atomic E-state index is 12.6. The Morgan fingerprint density at radius 1 is 0.760 bits per heavy atom. The molecule has 25 heavy (non-hydrogen) atoms. The van der Waals surface area contributed by atoms with Gasteiger partial charge >= 0.3 is 0 Å². The van der Waals surface area contributed by atoms with Crippen LogP contribution in [-0.4, -0.2) is 14.2 Å². The van der Waals surface area contributed by atoms with Crippen molar-refractivity contribution in [2.24, 2.45) is 0 Å². The first-order valence-corrected chi connectivity index (χ1v) is 9.32. The molecule has 0 aromatic heterocycles. The van der Waals surface area contributed by atoms with Crippen molar-refractivity contribution >= 4 is 21.5 Å². The summed E-state index contributed by atoms with van der Waals surface area (Å²) < 4.78 is 27.8. The summed E-state index contributed by atoms with van der Waals surface area (Å²) >= 11 is 0. The van der Waals surface area contributed by atoms with E-state index in [4.69, 9.17) is 0 Å². The molecule has 3 aromatic rings. The van der Waals surface area contributed by atoms with Crippen LogP contribution in [0.3, 0.4) is 0 Å². The summed E-state index contributed by atoms with van der Waals surface area (Å²) in [6.07, 6.45) is 0. The lowest BCUT2D eigenvalue weighted by Gasteiger charge is -2.11. The largest absolute Gasteiger partial charge is 0.289 e. The van der Waals surface area contributed by atoms with Crippen LogP contribution in [0.25, 0.3) is 11.1 Å². The Balaban J connectivity index is 1.73. The number of hydrogen-bond acceptors (Lipinski definition) is 3. The predicted octanol–water partition coefficient (Wildman–Crippen LogP) is 4.01. The van der Waals surface area contributed by atoms with Crippen molar-refractivity contribution in [1.29, 1.82) is 0 Å². The van der Waals surface area contributed by atoms with E-state index < -0.39 is 10.0 Å². The monoisotopic (exact) mass is 349 g/mol. The van der Waals surface area contributed by atoms with Crippen LogP contribution in [0.4, 0.5) is 5.69 Å². The molecule has 0 saturated carbocycles. The van der Waals surface area contributed by atoms with Crippen LogP contribution in [0.2, 0.25) is 0 Å². The normalized spacial score (nSPS) is 12.6. The number of hydrogen-bond donors (Lipinski definition) is 1. The molecule has 0 atom stereocenters. The smallest absolute Gasteiger partial charge is 0.262 e. The third-order valence-electron chi connectivity index (χ3n) is 4.36. The summed E-state index contributed by atoms with van der Waals surface area (Å²) in [4.78, 5) is 12.8. The lowest BCUT2D eigenvalue weighted by atomic mass is 10.1. The number of carbonyl (C=O) groups excluding carboxylic acids is 1. The molecule has 0 aliphatic heterocycles. The third-order valence-corrected chi connectivity index (χ3v) is 5.90. The molecule has 0 saturated heterocycles. The summed E-state index contributed by atoms with van der Waals surface area (Å²) in [6.45, 7) is 1.75. The molecule has 1 aliphatic rings. The van der Waals surface area contributed by atoms with E-state index in [0.29, 0.717) is 22.4 Å². The second kappa shape index (κ2) is 5.57. The van der Waals surface area contributed by atoms with Crippen molar-refractivity contribution in [1.82, 2.24) is 0 Å². The fraction of sp³-hybridized carbons (Fsp3) is 0.0500. The minimum absolute atomic E-state index is 0.0810. The van der Waals surface area contributed by atoms with Crippen LogP contribution in [0, 0.1) is 6.92 Å². The van der Waals surface area contributed by atoms with Gasteiger partial charge in [-0.15, -0.1) is 0 Å². The van der Waals surface area contributed by atoms with Crippen molar-refractivity contribution in [3.63, 3.8) is 0 Å². The van der Waals surface area contributed by atoms with E-state index in [-0.39, 0.29) is 10.7 Å². The molecule has 4 nitrogen and oxygen atoms in total. The molecule has 1 N–H and O–H groups in total. The molecule has 0 unspecified atom stereocenters. The van der Waals surface area contributed by atoms with Crippen molar-refractivity contribution in [2.75, 3.05) is 4.72 Å². The number of benzene rings is 3. The highest BCUT2D eigenvalue weighted by molar-refractivity contribution is 7.92. The highest BCUT2D eigenvalue weighted by atomic mass is 32.2. The fourth-order valence-corrected chi connectivity index (χ4v) is 4.46. The molecule has 0 bridgehead atoms. The van der Waals surface area contributed by atoms with Gasteiger partial charge in [-0.05, 0) is 41.8 Å². The van der Waals surface area contributed by atoms with Crippen molar-refractivity contribution in [3.8, 4) is 11.1 Å². The zero-order chi connectivity index (χ0) is 17.6. The highest BCUT2D eigenvalue weighted by Crippen LogP contribution is 2.37. The van der Waals surface area contributed by atoms with Crippen LogP contribution in [0.15, 0.2) is 71.6 Å². The minimum Gasteiger partial charge on any atom is -0.289 e. The van der Waals surface area contributed by atoms with Gasteiger partial charge in [-0.2, -0.15) is 0 Å². The topological polar surface area (TPSA) is 63.2 Å². The number of anilines is 1. The average Bonchev–Trinajstić information content (AvgIpc) is 2.88. The van der Waals surface area contributed by atoms with Gasteiger partial charge in [0.25, 0.3) is 10.0 Å². The number of rotatable bonds is 3. The fourth-order valence-electron chi connectivity index (χ4n) is 3.16. The van der Waals surface area contributed by atoms with E-state index in [9.17, 15) is 13.2 Å². The first-order chi connectivity index (χ1) is 12.0. The number of fused-ring (bicyclic) bond motifs is 3. The minimum atomic E-state index is -3.71. The first-order valence-electron chi connectivity index (χ1n) is 7.84. The van der Waals surface area contributed by atoms with Crippen LogP contribution < -0.4 is 4.72 Å². The standard InChI is InChI=1S/C20H15NO3S/c1-13-6-2-5-9-19(13)25(23,24)21-14-10-11-16-15-7-3-4-8-17(15)20(22)18(16)12-14/h2-12,21H,1H3. The summed E-state index contributed by atoms with van der Waals surface area (Å²) in [5, 5.41) is 0. The molecule has 0 spiro atoms. The molecule has 0 heterocycles. The van der Waals surface area contributed by atoms with Crippen molar-refractivity contribution in [3.05, 3.63) is 83.4 Å². The second-order valence-corrected chi connectivity index (χ2v) is 7.66. The Bertz CT molecular complexity index is 1120. The number of carbonyl (C=O) groups is 1. The van der Waals surface area contributed by atoms with Gasteiger partial charge in [-0.1, -0.05) is 48.5 Å². The highest BCUT2D eigenvalue weighted by Gasteiger charge is 2.27. The van der Waals surface area contributed by atoms with Gasteiger partial charge < -0.3 is 0 Å². The Kier molecular flexibility index (Phi) is 3.47. The third kappa shape index (κ3) is 2.53. The first kappa shape index (κ1) is 15.6. The van der Waals surface area contributed by atoms with Crippen molar-refractivity contribution < 1.29 is 13.2 Å². The van der Waals surface area contributed by atoms with Gasteiger partial charge in [0.05, 0.1) is 4.90 Å². The molecule has 124 valence electrons. The summed E-state index contributed by atoms with van der Waals surface area (Å²) in [7, 11) is -3.71. The number of aryl methyl sites for hydroxylation is 1. The van der Waals surface area contributed by atoms with Crippen LogP contribution >= 0.6 is 0 Å². The van der Waals surface area contributed by atoms with Gasteiger partial charge in [0.2, 0.25) is 0 Å². The molecular weight excluding hydrogens is 334 g/mol. The second-order valence-electron chi connectivity index (χ2n) is 6.01. The van der Waals surface area contributed by atoms with E-state index in [1.807, 2.05) is 18.2 Å². The van der Waals surface area contributed by atoms with E-state index in [1.165, 1.54) is 0 Å². The van der Waals surface area contributed by atoms with Crippen LogP contribution in [-0.2, 0) is 10.0 Å². The Labute approximate surface area is 146 Å². The van der Waals surface area contributed by atoms with E-state index in [1.54, 1.807) is 55.5 Å². The zero-order valence-corrected chi connectivity index (χ0v) is 14.3. The Hall–Kier alpha value is -2.92. The van der Waals surface area contributed by atoms with Gasteiger partial charge in [0, 0.05) is 16.8 Å². The van der Waals surface area contributed by atoms with E-state index in [0.717, 1.165) is 11.1 Å². The summed E-state index contributed by atoms with van der Waals surface area (Å²) in [5.74, 6) is -0.0810. The summed E-state index contributed by atoms with van der Waals surface area (Å²) in [5.41, 5.74) is 3.93. The lowest BCUT2D eigenvalue weighted by molar-refractivity contribution is 0.104. The molecular formula is C20H15NO3S. The average molecular weight is 349 g/mol. The lowest BCUT2D eigenvalue weighted by Crippen LogP contribution is -2.14. The Morgan fingerprint density at radius 3 is 2.16 bits per heavy atom. The molecule has 0 fully saturated rings. The number of sulfonamides is 1. The SMILES string of the molecule is Cc1ccccc1S(=O)(=O)Nc1ccc2c(c1)C(=O)c1ccccc1-2. The predicted molar refractivity (Wildman–Crippen MR) is 97.3 cm³/mol. The van der Waals surface area contributed by atoms with Crippen LogP contribution in [0.1, 0.15) is 21.5 Å². The van der Waals surface area contributed by atoms with Gasteiger partial charge in [-0.3, -0.25) is 9.52 Å². The quantitative estimate of drug-likeness (QED) is 0.608. The summed E-state index contributed by atoms with van der Waals surface area (Å²) in [6, 6.07) is 19.3. The molecule has 3 aromatic carbocycles. The van der Waals surface area contributed by atoms with Gasteiger partial charge in [0.1, 0.15) is 0 Å². The van der Waals surface area contributed by atoms with E-state index in [2.05, 4.69) is 4.72 Å². The molecule has 0 radical (unpaired) electrons. The van der Waals surface area contributed by atoms with Crippen LogP contribution in [0.5, 0.6) is 0 Å². The molecule has 0 amide bonds. The number of ketones is 1. The van der Waals surface area contributed by atoms with Gasteiger partial charge in [-0.25, -0.2) is 8.42 Å². The number of nitrogens with one attached hydrogen (secondary N) is 1. The zero-order valence-electron chi connectivity index (χ0n) is 13.5. The maximum Gasteiger partial charge on any atom is 0.262 e. The van der Waals surface area contributed by atoms with Gasteiger partial charge in [0.15, 0.2) is 5.78 Å². The maximum atomic E-state index is 12.6.